The Morgan fingerprint density at radius 3 is 2.51 bits per heavy atom. The van der Waals surface area contributed by atoms with Gasteiger partial charge in [0.2, 0.25) is 5.89 Å². The molecule has 1 atom stereocenters. The van der Waals surface area contributed by atoms with Crippen LogP contribution in [-0.4, -0.2) is 116 Å². The van der Waals surface area contributed by atoms with E-state index in [0.29, 0.717) is 44.2 Å². The summed E-state index contributed by atoms with van der Waals surface area (Å²) in [6, 6.07) is 7.78. The largest absolute Gasteiger partial charge is 0.496 e. The molecule has 0 aliphatic carbocycles. The zero-order valence-corrected chi connectivity index (χ0v) is 20.5. The second-order valence-corrected chi connectivity index (χ2v) is 9.09. The number of oxazole rings is 1. The number of aromatic nitrogens is 1. The Bertz CT molecular complexity index is 924. The van der Waals surface area contributed by atoms with Crippen molar-refractivity contribution in [3.8, 4) is 5.75 Å². The topological polar surface area (TPSA) is 104 Å². The molecule has 1 amide bonds. The fourth-order valence-corrected chi connectivity index (χ4v) is 4.56. The molecule has 10 heteroatoms. The quantitative estimate of drug-likeness (QED) is 0.468. The minimum Gasteiger partial charge on any atom is -0.496 e. The van der Waals surface area contributed by atoms with Gasteiger partial charge in [0.15, 0.2) is 5.69 Å². The first-order valence-electron chi connectivity index (χ1n) is 12.4. The van der Waals surface area contributed by atoms with Crippen LogP contribution in [0.5, 0.6) is 5.75 Å². The molecule has 192 valence electrons. The van der Waals surface area contributed by atoms with Crippen LogP contribution in [0.2, 0.25) is 0 Å². The number of aliphatic hydroxyl groups excluding tert-OH is 1. The molecule has 1 unspecified atom stereocenters. The molecule has 35 heavy (non-hydrogen) atoms. The first kappa shape index (κ1) is 25.6. The van der Waals surface area contributed by atoms with Gasteiger partial charge in [-0.25, -0.2) is 4.98 Å². The summed E-state index contributed by atoms with van der Waals surface area (Å²) in [5.41, 5.74) is 1.34. The molecular formula is C25H37N5O5. The number of piperazine rings is 1. The molecule has 1 aromatic heterocycles. The predicted molar refractivity (Wildman–Crippen MR) is 131 cm³/mol. The zero-order valence-electron chi connectivity index (χ0n) is 20.5. The number of carbonyl (C=O) groups excluding carboxylic acids is 1. The molecule has 0 bridgehead atoms. The average Bonchev–Trinajstić information content (AvgIpc) is 3.34. The smallest absolute Gasteiger partial charge is 0.273 e. The average molecular weight is 488 g/mol. The lowest BCUT2D eigenvalue weighted by Gasteiger charge is -2.36. The molecule has 2 saturated heterocycles. The first-order chi connectivity index (χ1) is 17.1. The van der Waals surface area contributed by atoms with Crippen molar-refractivity contribution in [1.29, 1.82) is 0 Å². The lowest BCUT2D eigenvalue weighted by molar-refractivity contribution is 0.00187. The monoisotopic (exact) mass is 487 g/mol. The van der Waals surface area contributed by atoms with Gasteiger partial charge >= 0.3 is 0 Å². The van der Waals surface area contributed by atoms with Crippen molar-refractivity contribution >= 4 is 5.91 Å². The molecule has 2 aromatic rings. The fourth-order valence-electron chi connectivity index (χ4n) is 4.56. The van der Waals surface area contributed by atoms with Gasteiger partial charge in [0.05, 0.1) is 33.0 Å². The highest BCUT2D eigenvalue weighted by atomic mass is 16.5. The van der Waals surface area contributed by atoms with Crippen LogP contribution in [0.15, 0.2) is 34.9 Å². The van der Waals surface area contributed by atoms with E-state index < -0.39 is 0 Å². The van der Waals surface area contributed by atoms with E-state index in [9.17, 15) is 9.90 Å². The SMILES string of the molecule is COc1ccccc1CCNC(=O)c1coc(CN2CCN(CC(O)CN3CCOCC3)CC2)n1. The molecule has 3 heterocycles. The molecule has 10 nitrogen and oxygen atoms in total. The Hall–Kier alpha value is -2.50. The summed E-state index contributed by atoms with van der Waals surface area (Å²) in [4.78, 5) is 23.7. The maximum absolute atomic E-state index is 12.5. The molecule has 2 fully saturated rings. The third-order valence-electron chi connectivity index (χ3n) is 6.52. The van der Waals surface area contributed by atoms with Gasteiger partial charge in [0, 0.05) is 58.9 Å². The van der Waals surface area contributed by atoms with Crippen molar-refractivity contribution in [2.45, 2.75) is 19.1 Å². The molecular weight excluding hydrogens is 450 g/mol. The van der Waals surface area contributed by atoms with Gasteiger partial charge in [0.25, 0.3) is 5.91 Å². The maximum atomic E-state index is 12.5. The van der Waals surface area contributed by atoms with E-state index in [2.05, 4.69) is 25.0 Å². The van der Waals surface area contributed by atoms with Gasteiger partial charge in [-0.1, -0.05) is 18.2 Å². The number of methoxy groups -OCH3 is 1. The van der Waals surface area contributed by atoms with E-state index in [1.54, 1.807) is 7.11 Å². The summed E-state index contributed by atoms with van der Waals surface area (Å²) < 4.78 is 16.3. The third kappa shape index (κ3) is 7.74. The van der Waals surface area contributed by atoms with Crippen LogP contribution < -0.4 is 10.1 Å². The van der Waals surface area contributed by atoms with Crippen molar-refractivity contribution in [3.63, 3.8) is 0 Å². The van der Waals surface area contributed by atoms with Crippen LogP contribution in [-0.2, 0) is 17.7 Å². The van der Waals surface area contributed by atoms with E-state index in [0.717, 1.165) is 63.8 Å². The van der Waals surface area contributed by atoms with E-state index in [1.807, 2.05) is 24.3 Å². The second kappa shape index (κ2) is 13.0. The summed E-state index contributed by atoms with van der Waals surface area (Å²) in [6.45, 7) is 9.23. The van der Waals surface area contributed by atoms with Crippen LogP contribution in [0, 0.1) is 0 Å². The molecule has 1 aromatic carbocycles. The summed E-state index contributed by atoms with van der Waals surface area (Å²) in [7, 11) is 1.64. The Kier molecular flexibility index (Phi) is 9.50. The normalized spacial score (nSPS) is 18.9. The van der Waals surface area contributed by atoms with Crippen LogP contribution in [0.1, 0.15) is 21.9 Å². The second-order valence-electron chi connectivity index (χ2n) is 9.09. The number of nitrogens with zero attached hydrogens (tertiary/aromatic N) is 4. The number of hydrogen-bond acceptors (Lipinski definition) is 9. The molecule has 2 N–H and O–H groups in total. The van der Waals surface area contributed by atoms with Crippen molar-refractivity contribution in [2.24, 2.45) is 0 Å². The number of rotatable bonds is 11. The number of benzene rings is 1. The number of carbonyl (C=O) groups is 1. The Morgan fingerprint density at radius 2 is 1.77 bits per heavy atom. The Morgan fingerprint density at radius 1 is 1.09 bits per heavy atom. The number of nitrogens with one attached hydrogen (secondary N) is 1. The number of para-hydroxylation sites is 1. The predicted octanol–water partition coefficient (Wildman–Crippen LogP) is 0.466. The summed E-state index contributed by atoms with van der Waals surface area (Å²) >= 11 is 0. The lowest BCUT2D eigenvalue weighted by Crippen LogP contribution is -2.50. The van der Waals surface area contributed by atoms with Crippen LogP contribution in [0.4, 0.5) is 0 Å². The zero-order chi connectivity index (χ0) is 24.5. The molecule has 2 aliphatic rings. The first-order valence-corrected chi connectivity index (χ1v) is 12.4. The van der Waals surface area contributed by atoms with E-state index in [4.69, 9.17) is 13.9 Å². The molecule has 2 aliphatic heterocycles. The molecule has 0 saturated carbocycles. The highest BCUT2D eigenvalue weighted by Gasteiger charge is 2.23. The van der Waals surface area contributed by atoms with Crippen molar-refractivity contribution in [2.75, 3.05) is 79.2 Å². The highest BCUT2D eigenvalue weighted by Crippen LogP contribution is 2.17. The van der Waals surface area contributed by atoms with Gasteiger partial charge < -0.3 is 24.3 Å². The lowest BCUT2D eigenvalue weighted by atomic mass is 10.1. The molecule has 0 radical (unpaired) electrons. The van der Waals surface area contributed by atoms with Gasteiger partial charge in [-0.2, -0.15) is 0 Å². The molecule has 4 rings (SSSR count). The van der Waals surface area contributed by atoms with Crippen LogP contribution in [0.25, 0.3) is 0 Å². The summed E-state index contributed by atoms with van der Waals surface area (Å²) in [6.07, 6.45) is 1.74. The maximum Gasteiger partial charge on any atom is 0.273 e. The fraction of sp³-hybridized carbons (Fsp3) is 0.600. The standard InChI is InChI=1S/C25H37N5O5/c1-33-23-5-3-2-4-20(23)6-7-26-25(32)22-19-35-24(27-22)18-29-10-8-28(9-11-29)16-21(31)17-30-12-14-34-15-13-30/h2-5,19,21,31H,6-18H2,1H3,(H,26,32). The van der Waals surface area contributed by atoms with Crippen molar-refractivity contribution in [1.82, 2.24) is 25.0 Å². The van der Waals surface area contributed by atoms with Crippen LogP contribution in [0.3, 0.4) is 0 Å². The number of β-amino-alcohol motifs (C(OH)–C–C–N with tert-alkyl or cyclic N) is 1. The van der Waals surface area contributed by atoms with E-state index in [-0.39, 0.29) is 12.0 Å². The third-order valence-corrected chi connectivity index (χ3v) is 6.52. The number of morpholine rings is 1. The Labute approximate surface area is 206 Å². The summed E-state index contributed by atoms with van der Waals surface area (Å²) in [5.74, 6) is 1.12. The minimum atomic E-state index is -0.351. The van der Waals surface area contributed by atoms with Gasteiger partial charge in [0.1, 0.15) is 12.0 Å². The number of hydrogen-bond donors (Lipinski definition) is 2. The van der Waals surface area contributed by atoms with Gasteiger partial charge in [-0.3, -0.25) is 19.5 Å². The van der Waals surface area contributed by atoms with Gasteiger partial charge in [-0.15, -0.1) is 0 Å². The minimum absolute atomic E-state index is 0.242. The summed E-state index contributed by atoms with van der Waals surface area (Å²) in [5, 5.41) is 13.4. The highest BCUT2D eigenvalue weighted by molar-refractivity contribution is 5.91. The number of aliphatic hydroxyl groups is 1. The van der Waals surface area contributed by atoms with Crippen molar-refractivity contribution < 1.29 is 23.8 Å². The Balaban J connectivity index is 1.15. The number of amides is 1. The van der Waals surface area contributed by atoms with Gasteiger partial charge in [-0.05, 0) is 18.1 Å². The molecule has 0 spiro atoms. The van der Waals surface area contributed by atoms with Crippen LogP contribution >= 0.6 is 0 Å². The number of ether oxygens (including phenoxy) is 2. The van der Waals surface area contributed by atoms with Crippen molar-refractivity contribution in [3.05, 3.63) is 47.7 Å². The van der Waals surface area contributed by atoms with E-state index >= 15 is 0 Å². The van der Waals surface area contributed by atoms with E-state index in [1.165, 1.54) is 6.26 Å².